The van der Waals surface area contributed by atoms with E-state index in [1.54, 1.807) is 24.3 Å². The lowest BCUT2D eigenvalue weighted by molar-refractivity contribution is -0.131. The molecule has 0 amide bonds. The first-order valence-corrected chi connectivity index (χ1v) is 6.04. The third kappa shape index (κ3) is 2.98. The van der Waals surface area contributed by atoms with Crippen molar-refractivity contribution in [3.8, 4) is 11.6 Å². The lowest BCUT2D eigenvalue weighted by Gasteiger charge is -2.03. The van der Waals surface area contributed by atoms with Crippen LogP contribution in [0.15, 0.2) is 29.1 Å². The van der Waals surface area contributed by atoms with Gasteiger partial charge < -0.3 is 9.84 Å². The van der Waals surface area contributed by atoms with E-state index < -0.39 is 0 Å². The molecule has 0 spiro atoms. The predicted octanol–water partition coefficient (Wildman–Crippen LogP) is 1.66. The second-order valence-corrected chi connectivity index (χ2v) is 4.77. The fourth-order valence-corrected chi connectivity index (χ4v) is 2.26. The Kier molecular flexibility index (Phi) is 3.47. The first-order valence-electron chi connectivity index (χ1n) is 5.23. The van der Waals surface area contributed by atoms with Crippen LogP contribution in [0.3, 0.4) is 0 Å². The van der Waals surface area contributed by atoms with Gasteiger partial charge in [-0.1, -0.05) is 23.5 Å². The molecule has 0 fully saturated rings. The van der Waals surface area contributed by atoms with Crippen LogP contribution < -0.4 is 9.61 Å². The molecule has 5 nitrogen and oxygen atoms in total. The van der Waals surface area contributed by atoms with Crippen molar-refractivity contribution in [3.05, 3.63) is 44.4 Å². The molecule has 0 atom stereocenters. The number of esters is 1. The molecule has 0 aliphatic rings. The number of carbonyl (C=O) groups excluding carboxylic acids is 1. The molecule has 0 saturated carbocycles. The highest BCUT2D eigenvalue weighted by Gasteiger charge is 2.07. The molecule has 0 radical (unpaired) electrons. The molecule has 2 N–H and O–H groups in total. The summed E-state index contributed by atoms with van der Waals surface area (Å²) in [5.41, 5.74) is 0.913. The van der Waals surface area contributed by atoms with E-state index in [0.717, 1.165) is 16.9 Å². The van der Waals surface area contributed by atoms with E-state index in [4.69, 9.17) is 4.74 Å². The van der Waals surface area contributed by atoms with E-state index >= 15 is 0 Å². The van der Waals surface area contributed by atoms with Gasteiger partial charge in [-0.3, -0.25) is 14.6 Å². The van der Waals surface area contributed by atoms with Crippen LogP contribution in [0.2, 0.25) is 0 Å². The van der Waals surface area contributed by atoms with E-state index in [0.29, 0.717) is 17.0 Å². The van der Waals surface area contributed by atoms with E-state index in [2.05, 4.69) is 4.98 Å². The molecule has 6 heteroatoms. The number of hydrogen-bond donors (Lipinski definition) is 2. The van der Waals surface area contributed by atoms with E-state index in [1.807, 2.05) is 0 Å². The van der Waals surface area contributed by atoms with Gasteiger partial charge in [-0.2, -0.15) is 0 Å². The van der Waals surface area contributed by atoms with Crippen molar-refractivity contribution in [1.82, 2.24) is 4.98 Å². The van der Waals surface area contributed by atoms with Crippen LogP contribution >= 0.6 is 11.3 Å². The summed E-state index contributed by atoms with van der Waals surface area (Å²) in [6.07, 6.45) is 0.454. The quantitative estimate of drug-likeness (QED) is 0.653. The average molecular weight is 265 g/mol. The number of nitrogens with one attached hydrogen (secondary N) is 1. The zero-order valence-corrected chi connectivity index (χ0v) is 10.4. The smallest absolute Gasteiger partial charge is 0.308 e. The highest BCUT2D eigenvalue weighted by Crippen LogP contribution is 2.21. The summed E-state index contributed by atoms with van der Waals surface area (Å²) in [6, 6.07) is 6.90. The number of thiazole rings is 1. The Bertz CT molecular complexity index is 612. The minimum absolute atomic E-state index is 0.0888. The molecule has 1 aromatic carbocycles. The fourth-order valence-electron chi connectivity index (χ4n) is 1.50. The topological polar surface area (TPSA) is 79.4 Å². The van der Waals surface area contributed by atoms with Crippen LogP contribution in [-0.4, -0.2) is 16.1 Å². The van der Waals surface area contributed by atoms with Gasteiger partial charge in [-0.25, -0.2) is 0 Å². The zero-order valence-electron chi connectivity index (χ0n) is 9.60. The lowest BCUT2D eigenvalue weighted by Crippen LogP contribution is -2.01. The van der Waals surface area contributed by atoms with Gasteiger partial charge in [0.05, 0.1) is 4.88 Å². The molecular weight excluding hydrogens is 254 g/mol. The second kappa shape index (κ2) is 5.05. The summed E-state index contributed by atoms with van der Waals surface area (Å²) in [4.78, 5) is 24.4. The Morgan fingerprint density at radius 3 is 2.56 bits per heavy atom. The molecule has 2 rings (SSSR count). The van der Waals surface area contributed by atoms with E-state index in [-0.39, 0.29) is 16.7 Å². The third-order valence-corrected chi connectivity index (χ3v) is 3.12. The first kappa shape index (κ1) is 12.4. The van der Waals surface area contributed by atoms with Gasteiger partial charge in [0, 0.05) is 13.3 Å². The molecule has 1 heterocycles. The third-order valence-electron chi connectivity index (χ3n) is 2.25. The highest BCUT2D eigenvalue weighted by atomic mass is 32.1. The standard InChI is InChI=1S/C12H11NO4S/c1-7(14)17-9-4-2-8(3-5-9)6-10-11(15)13-12(16)18-10/h2-5,15H,6H2,1H3,(H,13,16). The Labute approximate surface area is 107 Å². The molecule has 0 aliphatic carbocycles. The molecular formula is C12H11NO4S. The second-order valence-electron chi connectivity index (χ2n) is 3.70. The number of aromatic nitrogens is 1. The van der Waals surface area contributed by atoms with Crippen molar-refractivity contribution in [2.45, 2.75) is 13.3 Å². The van der Waals surface area contributed by atoms with Crippen LogP contribution in [0.1, 0.15) is 17.4 Å². The maximum absolute atomic E-state index is 11.0. The number of aromatic amines is 1. The van der Waals surface area contributed by atoms with Gasteiger partial charge in [0.25, 0.3) is 0 Å². The predicted molar refractivity (Wildman–Crippen MR) is 67.2 cm³/mol. The number of benzene rings is 1. The summed E-state index contributed by atoms with van der Waals surface area (Å²) in [5.74, 6) is 0.0102. The first-order chi connectivity index (χ1) is 8.54. The lowest BCUT2D eigenvalue weighted by atomic mass is 10.1. The fraction of sp³-hybridized carbons (Fsp3) is 0.167. The van der Waals surface area contributed by atoms with Crippen molar-refractivity contribution in [1.29, 1.82) is 0 Å². The zero-order chi connectivity index (χ0) is 13.1. The molecule has 0 bridgehead atoms. The van der Waals surface area contributed by atoms with Crippen molar-refractivity contribution in [2.24, 2.45) is 0 Å². The van der Waals surface area contributed by atoms with Gasteiger partial charge in [-0.05, 0) is 17.7 Å². The summed E-state index contributed by atoms with van der Waals surface area (Å²) < 4.78 is 4.91. The van der Waals surface area contributed by atoms with Gasteiger partial charge in [0.2, 0.25) is 5.88 Å². The minimum atomic E-state index is -0.371. The van der Waals surface area contributed by atoms with Crippen molar-refractivity contribution >= 4 is 17.3 Å². The SMILES string of the molecule is CC(=O)Oc1ccc(Cc2sc(=O)[nH]c2O)cc1. The van der Waals surface area contributed by atoms with Crippen LogP contribution in [-0.2, 0) is 11.2 Å². The van der Waals surface area contributed by atoms with Gasteiger partial charge >= 0.3 is 10.8 Å². The Morgan fingerprint density at radius 1 is 1.39 bits per heavy atom. The number of hydrogen-bond acceptors (Lipinski definition) is 5. The van der Waals surface area contributed by atoms with Crippen LogP contribution in [0.5, 0.6) is 11.6 Å². The number of H-pyrrole nitrogens is 1. The highest BCUT2D eigenvalue weighted by molar-refractivity contribution is 7.09. The summed E-state index contributed by atoms with van der Waals surface area (Å²) in [7, 11) is 0. The molecule has 1 aromatic heterocycles. The van der Waals surface area contributed by atoms with E-state index in [9.17, 15) is 14.7 Å². The monoisotopic (exact) mass is 265 g/mol. The summed E-state index contributed by atoms with van der Waals surface area (Å²) in [6.45, 7) is 1.34. The Morgan fingerprint density at radius 2 is 2.06 bits per heavy atom. The maximum Gasteiger partial charge on any atom is 0.308 e. The molecule has 94 valence electrons. The maximum atomic E-state index is 11.0. The normalized spacial score (nSPS) is 10.3. The average Bonchev–Trinajstić information content (AvgIpc) is 2.59. The van der Waals surface area contributed by atoms with E-state index in [1.165, 1.54) is 6.92 Å². The largest absolute Gasteiger partial charge is 0.494 e. The molecule has 2 aromatic rings. The van der Waals surface area contributed by atoms with Crippen molar-refractivity contribution < 1.29 is 14.6 Å². The van der Waals surface area contributed by atoms with Gasteiger partial charge in [-0.15, -0.1) is 0 Å². The Hall–Kier alpha value is -2.08. The van der Waals surface area contributed by atoms with Crippen LogP contribution in [0.25, 0.3) is 0 Å². The number of aromatic hydroxyl groups is 1. The minimum Gasteiger partial charge on any atom is -0.494 e. The van der Waals surface area contributed by atoms with Crippen LogP contribution in [0, 0.1) is 0 Å². The van der Waals surface area contributed by atoms with Gasteiger partial charge in [0.15, 0.2) is 0 Å². The summed E-state index contributed by atoms with van der Waals surface area (Å²) in [5, 5.41) is 9.45. The summed E-state index contributed by atoms with van der Waals surface area (Å²) >= 11 is 0.978. The molecule has 0 saturated heterocycles. The molecule has 0 unspecified atom stereocenters. The molecule has 0 aliphatic heterocycles. The number of carbonyl (C=O) groups is 1. The van der Waals surface area contributed by atoms with Gasteiger partial charge in [0.1, 0.15) is 5.75 Å². The molecule has 18 heavy (non-hydrogen) atoms. The Balaban J connectivity index is 2.13. The number of rotatable bonds is 3. The number of ether oxygens (including phenoxy) is 1. The van der Waals surface area contributed by atoms with Crippen molar-refractivity contribution in [2.75, 3.05) is 0 Å². The van der Waals surface area contributed by atoms with Crippen LogP contribution in [0.4, 0.5) is 0 Å². The van der Waals surface area contributed by atoms with Crippen molar-refractivity contribution in [3.63, 3.8) is 0 Å².